The van der Waals surface area contributed by atoms with Crippen LogP contribution in [0.1, 0.15) is 149 Å². The van der Waals surface area contributed by atoms with Crippen molar-refractivity contribution >= 4 is 46.4 Å². The highest BCUT2D eigenvalue weighted by atomic mass is 127. The molecule has 1 unspecified atom stereocenters. The molecule has 0 radical (unpaired) electrons. The predicted molar refractivity (Wildman–Crippen MR) is 217 cm³/mol. The van der Waals surface area contributed by atoms with Gasteiger partial charge < -0.3 is 34.9 Å². The van der Waals surface area contributed by atoms with E-state index in [4.69, 9.17) is 18.9 Å². The van der Waals surface area contributed by atoms with Gasteiger partial charge in [0, 0.05) is 61.8 Å². The van der Waals surface area contributed by atoms with E-state index in [-0.39, 0.29) is 42.4 Å². The number of unbranched alkanes of at least 4 members (excludes halogenated alkanes) is 15. The van der Waals surface area contributed by atoms with Crippen LogP contribution in [-0.4, -0.2) is 102 Å². The van der Waals surface area contributed by atoms with E-state index in [1.54, 1.807) is 6.92 Å². The number of halogens is 1. The first-order valence-electron chi connectivity index (χ1n) is 20.4. The Morgan fingerprint density at radius 3 is 1.27 bits per heavy atom. The van der Waals surface area contributed by atoms with Gasteiger partial charge in [-0.25, -0.2) is 0 Å². The second kappa shape index (κ2) is 40.8. The molecule has 3 amide bonds. The first-order valence-corrected chi connectivity index (χ1v) is 21.5. The summed E-state index contributed by atoms with van der Waals surface area (Å²) in [6, 6.07) is -0.128. The zero-order valence-electron chi connectivity index (χ0n) is 32.8. The average molecular weight is 855 g/mol. The minimum Gasteiger partial charge on any atom is -0.379 e. The molecule has 0 fully saturated rings. The van der Waals surface area contributed by atoms with Gasteiger partial charge in [-0.15, -0.1) is 0 Å². The van der Waals surface area contributed by atoms with Gasteiger partial charge in [0.05, 0.1) is 58.9 Å². The molecule has 12 nitrogen and oxygen atoms in total. The molecule has 0 bridgehead atoms. The number of rotatable bonds is 41. The van der Waals surface area contributed by atoms with Crippen LogP contribution < -0.4 is 19.5 Å². The molecule has 0 aliphatic rings. The summed E-state index contributed by atoms with van der Waals surface area (Å²) in [4.78, 5) is 47.2. The molecule has 0 saturated heterocycles. The number of hydrogen-bond acceptors (Lipinski definition) is 9. The zero-order valence-corrected chi connectivity index (χ0v) is 35.0. The fourth-order valence-corrected chi connectivity index (χ4v) is 6.21. The van der Waals surface area contributed by atoms with Crippen molar-refractivity contribution in [1.29, 1.82) is 0 Å². The number of amides is 3. The molecule has 306 valence electrons. The molecular formula is C39H75IN4O8. The highest BCUT2D eigenvalue weighted by Gasteiger charge is 2.11. The number of ketones is 1. The van der Waals surface area contributed by atoms with Gasteiger partial charge in [0.2, 0.25) is 17.7 Å². The third kappa shape index (κ3) is 38.3. The predicted octanol–water partition coefficient (Wildman–Crippen LogP) is 6.51. The van der Waals surface area contributed by atoms with Crippen molar-refractivity contribution in [2.24, 2.45) is 0 Å². The second-order valence-corrected chi connectivity index (χ2v) is 14.1. The molecule has 4 N–H and O–H groups in total. The van der Waals surface area contributed by atoms with Crippen molar-refractivity contribution in [3.63, 3.8) is 0 Å². The van der Waals surface area contributed by atoms with Crippen LogP contribution in [-0.2, 0) is 38.1 Å². The van der Waals surface area contributed by atoms with E-state index in [9.17, 15) is 19.2 Å². The molecule has 0 aliphatic heterocycles. The maximum absolute atomic E-state index is 12.0. The summed E-state index contributed by atoms with van der Waals surface area (Å²) in [6.07, 6.45) is 23.3. The van der Waals surface area contributed by atoms with E-state index >= 15 is 0 Å². The van der Waals surface area contributed by atoms with Crippen molar-refractivity contribution in [3.8, 4) is 0 Å². The molecule has 0 aromatic rings. The number of ether oxygens (including phenoxy) is 4. The lowest BCUT2D eigenvalue weighted by atomic mass is 10.0. The highest BCUT2D eigenvalue weighted by molar-refractivity contribution is 14.1. The smallest absolute Gasteiger partial charge is 0.222 e. The van der Waals surface area contributed by atoms with Crippen molar-refractivity contribution in [1.82, 2.24) is 19.5 Å². The van der Waals surface area contributed by atoms with E-state index in [0.717, 1.165) is 32.1 Å². The molecule has 52 heavy (non-hydrogen) atoms. The first kappa shape index (κ1) is 50.6. The van der Waals surface area contributed by atoms with Crippen LogP contribution in [0.4, 0.5) is 0 Å². The van der Waals surface area contributed by atoms with Gasteiger partial charge in [-0.1, -0.05) is 96.8 Å². The third-order valence-electron chi connectivity index (χ3n) is 8.70. The number of Topliss-reactive ketones (excluding diaryl/α,β-unsaturated/α-hetero) is 1. The maximum Gasteiger partial charge on any atom is 0.222 e. The first-order chi connectivity index (χ1) is 25.4. The Kier molecular flexibility index (Phi) is 39.7. The molecular weight excluding hydrogens is 779 g/mol. The molecule has 0 spiro atoms. The van der Waals surface area contributed by atoms with Crippen molar-refractivity contribution in [2.45, 2.75) is 155 Å². The zero-order chi connectivity index (χ0) is 38.2. The summed E-state index contributed by atoms with van der Waals surface area (Å²) in [7, 11) is 0. The van der Waals surface area contributed by atoms with Crippen molar-refractivity contribution in [2.75, 3.05) is 72.5 Å². The summed E-state index contributed by atoms with van der Waals surface area (Å²) in [5, 5.41) is 8.56. The van der Waals surface area contributed by atoms with Crippen molar-refractivity contribution in [3.05, 3.63) is 0 Å². The van der Waals surface area contributed by atoms with Gasteiger partial charge >= 0.3 is 0 Å². The van der Waals surface area contributed by atoms with E-state index in [2.05, 4.69) is 26.4 Å². The van der Waals surface area contributed by atoms with E-state index in [1.165, 1.54) is 83.5 Å². The van der Waals surface area contributed by atoms with Crippen LogP contribution in [0.5, 0.6) is 0 Å². The number of hydrogen-bond donors (Lipinski definition) is 4. The van der Waals surface area contributed by atoms with Crippen molar-refractivity contribution < 1.29 is 38.1 Å². The summed E-state index contributed by atoms with van der Waals surface area (Å²) < 4.78 is 24.8. The second-order valence-electron chi connectivity index (χ2n) is 13.5. The Hall–Kier alpha value is -1.39. The Balaban J connectivity index is 3.34. The van der Waals surface area contributed by atoms with Crippen LogP contribution in [0.15, 0.2) is 0 Å². The number of carbonyl (C=O) groups is 4. The Bertz CT molecular complexity index is 855. The maximum atomic E-state index is 12.0. The van der Waals surface area contributed by atoms with E-state index in [1.807, 2.05) is 22.9 Å². The molecule has 0 saturated carbocycles. The fourth-order valence-electron chi connectivity index (χ4n) is 5.46. The summed E-state index contributed by atoms with van der Waals surface area (Å²) in [6.45, 7) is 8.33. The van der Waals surface area contributed by atoms with Gasteiger partial charge in [0.1, 0.15) is 5.78 Å². The lowest BCUT2D eigenvalue weighted by molar-refractivity contribution is -0.123. The lowest BCUT2D eigenvalue weighted by Crippen LogP contribution is -2.29. The molecule has 0 aliphatic carbocycles. The van der Waals surface area contributed by atoms with Crippen LogP contribution in [0, 0.1) is 0 Å². The van der Waals surface area contributed by atoms with Crippen LogP contribution >= 0.6 is 22.9 Å². The molecule has 0 aromatic heterocycles. The molecule has 1 atom stereocenters. The van der Waals surface area contributed by atoms with Crippen LogP contribution in [0.25, 0.3) is 0 Å². The standard InChI is InChI=1S/C39H75IN4O8/c1-3-4-5-6-7-8-9-10-11-12-13-14-15-16-17-21-37(46)42-25-29-51-33-32-50-28-23-39(48)43-26-30-52-34-31-49-27-22-38(47)41-24-19-18-20-36(44-40)35(2)45/h36,44H,3-34H2,1-2H3,(H,41,47)(H,42,46)(H,43,48). The molecule has 0 aromatic carbocycles. The summed E-state index contributed by atoms with van der Waals surface area (Å²) >= 11 is 1.99. The van der Waals surface area contributed by atoms with Crippen LogP contribution in [0.2, 0.25) is 0 Å². The fraction of sp³-hybridized carbons (Fsp3) is 0.897. The Morgan fingerprint density at radius 2 is 0.846 bits per heavy atom. The number of carbonyl (C=O) groups excluding carboxylic acids is 4. The van der Waals surface area contributed by atoms with E-state index in [0.29, 0.717) is 78.9 Å². The highest BCUT2D eigenvalue weighted by Crippen LogP contribution is 2.13. The number of nitrogens with one attached hydrogen (secondary N) is 4. The largest absolute Gasteiger partial charge is 0.379 e. The molecule has 13 heteroatoms. The lowest BCUT2D eigenvalue weighted by Gasteiger charge is -2.11. The van der Waals surface area contributed by atoms with Crippen LogP contribution in [0.3, 0.4) is 0 Å². The summed E-state index contributed by atoms with van der Waals surface area (Å²) in [5.41, 5.74) is 0. The van der Waals surface area contributed by atoms with Gasteiger partial charge in [0.15, 0.2) is 0 Å². The topological polar surface area (TPSA) is 153 Å². The Morgan fingerprint density at radius 1 is 0.462 bits per heavy atom. The van der Waals surface area contributed by atoms with Gasteiger partial charge in [-0.2, -0.15) is 0 Å². The monoisotopic (exact) mass is 854 g/mol. The third-order valence-corrected chi connectivity index (χ3v) is 9.45. The van der Waals surface area contributed by atoms with Gasteiger partial charge in [0.25, 0.3) is 0 Å². The molecule has 0 heterocycles. The summed E-state index contributed by atoms with van der Waals surface area (Å²) in [5.74, 6) is 0.0460. The van der Waals surface area contributed by atoms with E-state index < -0.39 is 0 Å². The SMILES string of the molecule is CCCCCCCCCCCCCCCCCC(=O)NCCOCCOCCC(=O)NCCOCCOCCC(=O)NCCCCC(NI)C(C)=O. The Labute approximate surface area is 330 Å². The van der Waals surface area contributed by atoms with Gasteiger partial charge in [-0.3, -0.25) is 22.7 Å². The average Bonchev–Trinajstić information content (AvgIpc) is 3.13. The minimum absolute atomic E-state index is 0.0590. The normalized spacial score (nSPS) is 11.8. The quantitative estimate of drug-likeness (QED) is 0.0307. The minimum atomic E-state index is -0.128. The molecule has 0 rings (SSSR count). The van der Waals surface area contributed by atoms with Gasteiger partial charge in [-0.05, 0) is 32.6 Å².